The average molecular weight is 348 g/mol. The number of hydrogen-bond acceptors (Lipinski definition) is 5. The fourth-order valence-electron chi connectivity index (χ4n) is 6.14. The first kappa shape index (κ1) is 17.1. The topological polar surface area (TPSA) is 79.9 Å². The molecule has 2 heterocycles. The highest BCUT2D eigenvalue weighted by Crippen LogP contribution is 2.66. The number of esters is 1. The summed E-state index contributed by atoms with van der Waals surface area (Å²) in [6.07, 6.45) is 5.79. The number of carbonyl (C=O) groups is 1. The Morgan fingerprint density at radius 3 is 2.64 bits per heavy atom. The highest BCUT2D eigenvalue weighted by atomic mass is 16.5. The third-order valence-corrected chi connectivity index (χ3v) is 7.93. The van der Waals surface area contributed by atoms with E-state index >= 15 is 0 Å². The van der Waals surface area contributed by atoms with Crippen LogP contribution in [0.1, 0.15) is 64.5 Å². The smallest absolute Gasteiger partial charge is 0.310 e. The molecule has 3 fully saturated rings. The number of cyclic esters (lactones) is 1. The van der Waals surface area contributed by atoms with E-state index in [0.29, 0.717) is 12.8 Å². The van der Waals surface area contributed by atoms with E-state index in [4.69, 9.17) is 9.15 Å². The normalized spacial score (nSPS) is 49.9. The van der Waals surface area contributed by atoms with Gasteiger partial charge in [-0.1, -0.05) is 13.8 Å². The third kappa shape index (κ3) is 2.18. The van der Waals surface area contributed by atoms with Crippen molar-refractivity contribution in [1.29, 1.82) is 0 Å². The van der Waals surface area contributed by atoms with Crippen LogP contribution < -0.4 is 0 Å². The van der Waals surface area contributed by atoms with E-state index in [9.17, 15) is 15.0 Å². The third-order valence-electron chi connectivity index (χ3n) is 7.93. The van der Waals surface area contributed by atoms with Crippen molar-refractivity contribution < 1.29 is 24.2 Å². The van der Waals surface area contributed by atoms with E-state index in [1.165, 1.54) is 0 Å². The molecule has 2 aliphatic carbocycles. The van der Waals surface area contributed by atoms with Gasteiger partial charge in [-0.25, -0.2) is 0 Å². The molecule has 2 N–H and O–H groups in total. The lowest BCUT2D eigenvalue weighted by molar-refractivity contribution is -0.251. The van der Waals surface area contributed by atoms with Crippen molar-refractivity contribution in [3.8, 4) is 0 Å². The lowest BCUT2D eigenvalue weighted by atomic mass is 9.42. The lowest BCUT2D eigenvalue weighted by Crippen LogP contribution is -2.66. The molecule has 5 heteroatoms. The fourth-order valence-corrected chi connectivity index (χ4v) is 6.14. The molecule has 5 nitrogen and oxygen atoms in total. The first-order valence-electron chi connectivity index (χ1n) is 9.33. The number of aliphatic hydroxyl groups excluding tert-OH is 1. The van der Waals surface area contributed by atoms with Crippen molar-refractivity contribution in [3.05, 3.63) is 24.2 Å². The van der Waals surface area contributed by atoms with Gasteiger partial charge in [0, 0.05) is 11.0 Å². The SMILES string of the molecule is C[C@]12C[C@H](c3ccoc3)OC(=O)[C@@H]1CC[C@]1(C)[C@@H]2CC[C@@H](O)[C@@]1(C)O. The van der Waals surface area contributed by atoms with E-state index in [1.807, 2.05) is 6.07 Å². The van der Waals surface area contributed by atoms with Crippen LogP contribution in [0.25, 0.3) is 0 Å². The van der Waals surface area contributed by atoms with E-state index < -0.39 is 17.1 Å². The predicted molar refractivity (Wildman–Crippen MR) is 90.5 cm³/mol. The Labute approximate surface area is 148 Å². The zero-order valence-corrected chi connectivity index (χ0v) is 15.2. The van der Waals surface area contributed by atoms with Gasteiger partial charge in [-0.2, -0.15) is 0 Å². The minimum atomic E-state index is -1.14. The second-order valence-electron chi connectivity index (χ2n) is 8.99. The Morgan fingerprint density at radius 1 is 1.20 bits per heavy atom. The summed E-state index contributed by atoms with van der Waals surface area (Å²) in [5.41, 5.74) is -0.915. The molecule has 1 saturated heterocycles. The van der Waals surface area contributed by atoms with Crippen LogP contribution in [0.2, 0.25) is 0 Å². The summed E-state index contributed by atoms with van der Waals surface area (Å²) in [6.45, 7) is 6.04. The monoisotopic (exact) mass is 348 g/mol. The molecule has 1 aromatic heterocycles. The van der Waals surface area contributed by atoms with Crippen LogP contribution in [0.5, 0.6) is 0 Å². The maximum Gasteiger partial charge on any atom is 0.310 e. The number of fused-ring (bicyclic) bond motifs is 3. The molecule has 2 saturated carbocycles. The van der Waals surface area contributed by atoms with Gasteiger partial charge >= 0.3 is 5.97 Å². The minimum Gasteiger partial charge on any atom is -0.472 e. The van der Waals surface area contributed by atoms with Gasteiger partial charge in [0.2, 0.25) is 0 Å². The molecular weight excluding hydrogens is 320 g/mol. The van der Waals surface area contributed by atoms with Gasteiger partial charge in [-0.05, 0) is 56.4 Å². The van der Waals surface area contributed by atoms with Crippen LogP contribution in [0, 0.1) is 22.7 Å². The molecule has 25 heavy (non-hydrogen) atoms. The molecule has 3 aliphatic rings. The predicted octanol–water partition coefficient (Wildman–Crippen LogP) is 3.21. The summed E-state index contributed by atoms with van der Waals surface area (Å²) in [5, 5.41) is 21.6. The zero-order valence-electron chi connectivity index (χ0n) is 15.2. The summed E-state index contributed by atoms with van der Waals surface area (Å²) in [4.78, 5) is 12.8. The summed E-state index contributed by atoms with van der Waals surface area (Å²) in [5.74, 6) is -0.105. The van der Waals surface area contributed by atoms with Crippen molar-refractivity contribution in [2.75, 3.05) is 0 Å². The molecule has 1 aliphatic heterocycles. The molecule has 0 aromatic carbocycles. The summed E-state index contributed by atoms with van der Waals surface area (Å²) in [7, 11) is 0. The number of aliphatic hydroxyl groups is 2. The summed E-state index contributed by atoms with van der Waals surface area (Å²) >= 11 is 0. The van der Waals surface area contributed by atoms with Crippen LogP contribution in [0.3, 0.4) is 0 Å². The minimum absolute atomic E-state index is 0.132. The number of hydrogen-bond donors (Lipinski definition) is 2. The Balaban J connectivity index is 1.74. The van der Waals surface area contributed by atoms with Gasteiger partial charge in [0.15, 0.2) is 0 Å². The van der Waals surface area contributed by atoms with Gasteiger partial charge in [0.05, 0.1) is 30.1 Å². The van der Waals surface area contributed by atoms with Gasteiger partial charge in [-0.3, -0.25) is 4.79 Å². The Hall–Kier alpha value is -1.33. The number of ether oxygens (including phenoxy) is 1. The number of rotatable bonds is 1. The van der Waals surface area contributed by atoms with Crippen molar-refractivity contribution in [3.63, 3.8) is 0 Å². The van der Waals surface area contributed by atoms with Gasteiger partial charge in [0.1, 0.15) is 6.10 Å². The molecule has 0 radical (unpaired) electrons. The van der Waals surface area contributed by atoms with Crippen molar-refractivity contribution in [2.24, 2.45) is 22.7 Å². The van der Waals surface area contributed by atoms with Crippen molar-refractivity contribution >= 4 is 5.97 Å². The van der Waals surface area contributed by atoms with E-state index in [-0.39, 0.29) is 29.3 Å². The molecule has 7 atom stereocenters. The van der Waals surface area contributed by atoms with Crippen LogP contribution in [-0.4, -0.2) is 27.9 Å². The maximum absolute atomic E-state index is 12.8. The van der Waals surface area contributed by atoms with E-state index in [2.05, 4.69) is 13.8 Å². The zero-order chi connectivity index (χ0) is 18.0. The van der Waals surface area contributed by atoms with E-state index in [0.717, 1.165) is 24.8 Å². The summed E-state index contributed by atoms with van der Waals surface area (Å²) in [6, 6.07) is 1.85. The van der Waals surface area contributed by atoms with Crippen molar-refractivity contribution in [1.82, 2.24) is 0 Å². The maximum atomic E-state index is 12.8. The Kier molecular flexibility index (Phi) is 3.65. The molecule has 0 amide bonds. The van der Waals surface area contributed by atoms with Crippen LogP contribution in [0.4, 0.5) is 0 Å². The first-order valence-corrected chi connectivity index (χ1v) is 9.33. The second-order valence-corrected chi connectivity index (χ2v) is 8.99. The molecule has 0 bridgehead atoms. The second kappa shape index (κ2) is 5.34. The number of carbonyl (C=O) groups excluding carboxylic acids is 1. The highest BCUT2D eigenvalue weighted by Gasteiger charge is 2.66. The van der Waals surface area contributed by atoms with Crippen LogP contribution >= 0.6 is 0 Å². The largest absolute Gasteiger partial charge is 0.472 e. The molecule has 1 aromatic rings. The van der Waals surface area contributed by atoms with Gasteiger partial charge in [0.25, 0.3) is 0 Å². The molecule has 138 valence electrons. The highest BCUT2D eigenvalue weighted by molar-refractivity contribution is 5.75. The number of furan rings is 1. The van der Waals surface area contributed by atoms with Crippen molar-refractivity contribution in [2.45, 2.75) is 70.7 Å². The lowest BCUT2D eigenvalue weighted by Gasteiger charge is -2.64. The Bertz CT molecular complexity index is 666. The Morgan fingerprint density at radius 2 is 1.96 bits per heavy atom. The first-order chi connectivity index (χ1) is 11.7. The fraction of sp³-hybridized carbons (Fsp3) is 0.750. The molecule has 0 unspecified atom stereocenters. The quantitative estimate of drug-likeness (QED) is 0.762. The molecule has 0 spiro atoms. The van der Waals surface area contributed by atoms with E-state index in [1.54, 1.807) is 19.5 Å². The average Bonchev–Trinajstić information content (AvgIpc) is 3.06. The molecule has 4 rings (SSSR count). The molecular formula is C20H28O5. The van der Waals surface area contributed by atoms with Crippen LogP contribution in [-0.2, 0) is 9.53 Å². The summed E-state index contributed by atoms with van der Waals surface area (Å²) < 4.78 is 10.9. The van der Waals surface area contributed by atoms with Gasteiger partial charge in [-0.15, -0.1) is 0 Å². The standard InChI is InChI=1S/C20H28O5/c1-18-10-14(12-7-9-24-11-12)25-17(22)13(18)6-8-19(2)15(18)4-5-16(21)20(19,3)23/h7,9,11,13-16,21,23H,4-6,8,10H2,1-3H3/t13-,14+,15+,16+,18-,19+,20+/m0/s1. The van der Waals surface area contributed by atoms with Gasteiger partial charge < -0.3 is 19.4 Å². The van der Waals surface area contributed by atoms with Crippen LogP contribution in [0.15, 0.2) is 23.0 Å².